The summed E-state index contributed by atoms with van der Waals surface area (Å²) in [6, 6.07) is 14.5. The van der Waals surface area contributed by atoms with Crippen molar-refractivity contribution in [1.29, 1.82) is 0 Å². The van der Waals surface area contributed by atoms with Gasteiger partial charge in [0.05, 0.1) is 11.4 Å². The number of benzene rings is 1. The molecule has 0 spiro atoms. The van der Waals surface area contributed by atoms with Crippen molar-refractivity contribution >= 4 is 0 Å². The molecular formula is C15H15N3. The lowest BCUT2D eigenvalue weighted by Crippen LogP contribution is -1.99. The van der Waals surface area contributed by atoms with Gasteiger partial charge in [0.15, 0.2) is 0 Å². The normalized spacial score (nSPS) is 10.8. The summed E-state index contributed by atoms with van der Waals surface area (Å²) in [7, 11) is 0. The van der Waals surface area contributed by atoms with Gasteiger partial charge in [-0.15, -0.1) is 0 Å². The first-order valence-electron chi connectivity index (χ1n) is 6.01. The highest BCUT2D eigenvalue weighted by Gasteiger charge is 2.03. The lowest BCUT2D eigenvalue weighted by molar-refractivity contribution is 0.833. The summed E-state index contributed by atoms with van der Waals surface area (Å²) in [5, 5.41) is 4.48. The molecule has 90 valence electrons. The van der Waals surface area contributed by atoms with Crippen LogP contribution in [0.3, 0.4) is 0 Å². The topological polar surface area (TPSA) is 22.8 Å². The number of rotatable bonds is 2. The van der Waals surface area contributed by atoms with Gasteiger partial charge in [-0.05, 0) is 56.3 Å². The Labute approximate surface area is 106 Å². The van der Waals surface area contributed by atoms with E-state index in [-0.39, 0.29) is 0 Å². The lowest BCUT2D eigenvalue weighted by Gasteiger charge is -2.07. The van der Waals surface area contributed by atoms with Crippen LogP contribution in [0.4, 0.5) is 0 Å². The Bertz CT molecular complexity index is 646. The van der Waals surface area contributed by atoms with Gasteiger partial charge in [-0.25, -0.2) is 4.68 Å². The van der Waals surface area contributed by atoms with Crippen LogP contribution in [0.2, 0.25) is 0 Å². The highest BCUT2D eigenvalue weighted by Crippen LogP contribution is 2.15. The fourth-order valence-corrected chi connectivity index (χ4v) is 2.16. The minimum atomic E-state index is 1.04. The van der Waals surface area contributed by atoms with Gasteiger partial charge in [0.1, 0.15) is 0 Å². The van der Waals surface area contributed by atoms with Crippen LogP contribution in [-0.4, -0.2) is 14.3 Å². The summed E-state index contributed by atoms with van der Waals surface area (Å²) in [5.74, 6) is 0. The molecule has 0 unspecified atom stereocenters. The third-order valence-electron chi connectivity index (χ3n) is 3.01. The summed E-state index contributed by atoms with van der Waals surface area (Å²) in [6.45, 7) is 4.08. The third kappa shape index (κ3) is 1.84. The smallest absolute Gasteiger partial charge is 0.0650 e. The first-order valence-corrected chi connectivity index (χ1v) is 6.01. The molecule has 18 heavy (non-hydrogen) atoms. The monoisotopic (exact) mass is 237 g/mol. The average molecular weight is 237 g/mol. The van der Waals surface area contributed by atoms with Crippen molar-refractivity contribution in [1.82, 2.24) is 14.3 Å². The summed E-state index contributed by atoms with van der Waals surface area (Å²) in [4.78, 5) is 0. The second kappa shape index (κ2) is 4.18. The molecule has 3 rings (SSSR count). The van der Waals surface area contributed by atoms with Gasteiger partial charge < -0.3 is 4.57 Å². The lowest BCUT2D eigenvalue weighted by atomic mass is 10.2. The van der Waals surface area contributed by atoms with Crippen molar-refractivity contribution in [3.63, 3.8) is 0 Å². The third-order valence-corrected chi connectivity index (χ3v) is 3.01. The Balaban J connectivity index is 1.99. The molecule has 0 saturated carbocycles. The summed E-state index contributed by atoms with van der Waals surface area (Å²) in [5.41, 5.74) is 4.45. The van der Waals surface area contributed by atoms with E-state index in [0.29, 0.717) is 0 Å². The molecule has 0 aliphatic heterocycles. The first-order chi connectivity index (χ1) is 8.74. The largest absolute Gasteiger partial charge is 0.324 e. The fraction of sp³-hybridized carbons (Fsp3) is 0.133. The van der Waals surface area contributed by atoms with Gasteiger partial charge in [0, 0.05) is 23.8 Å². The van der Waals surface area contributed by atoms with E-state index in [4.69, 9.17) is 0 Å². The molecule has 0 fully saturated rings. The van der Waals surface area contributed by atoms with Crippen LogP contribution < -0.4 is 0 Å². The van der Waals surface area contributed by atoms with Crippen LogP contribution in [0.1, 0.15) is 11.4 Å². The Kier molecular flexibility index (Phi) is 2.52. The molecule has 0 N–H and O–H groups in total. The molecule has 1 aromatic carbocycles. The van der Waals surface area contributed by atoms with E-state index in [1.807, 2.05) is 36.1 Å². The molecule has 0 saturated heterocycles. The quantitative estimate of drug-likeness (QED) is 0.670. The highest BCUT2D eigenvalue weighted by atomic mass is 15.3. The molecule has 3 nitrogen and oxygen atoms in total. The number of hydrogen-bond acceptors (Lipinski definition) is 1. The SMILES string of the molecule is Cc1cc(C)n(-c2ccc(-n3cccc3)cc2)n1. The maximum Gasteiger partial charge on any atom is 0.0650 e. The van der Waals surface area contributed by atoms with Crippen LogP contribution in [-0.2, 0) is 0 Å². The van der Waals surface area contributed by atoms with Crippen LogP contribution in [0.5, 0.6) is 0 Å². The molecule has 0 bridgehead atoms. The van der Waals surface area contributed by atoms with Gasteiger partial charge in [0.2, 0.25) is 0 Å². The first kappa shape index (κ1) is 10.8. The zero-order valence-corrected chi connectivity index (χ0v) is 10.5. The maximum absolute atomic E-state index is 4.48. The Hall–Kier alpha value is -2.29. The van der Waals surface area contributed by atoms with Crippen LogP contribution >= 0.6 is 0 Å². The van der Waals surface area contributed by atoms with Gasteiger partial charge >= 0.3 is 0 Å². The van der Waals surface area contributed by atoms with Crippen molar-refractivity contribution in [3.8, 4) is 11.4 Å². The number of nitrogens with zero attached hydrogens (tertiary/aromatic N) is 3. The molecular weight excluding hydrogens is 222 g/mol. The fourth-order valence-electron chi connectivity index (χ4n) is 2.16. The van der Waals surface area contributed by atoms with Crippen LogP contribution in [0.25, 0.3) is 11.4 Å². The highest BCUT2D eigenvalue weighted by molar-refractivity contribution is 5.42. The molecule has 0 radical (unpaired) electrons. The van der Waals surface area contributed by atoms with E-state index in [2.05, 4.69) is 46.9 Å². The molecule has 3 aromatic rings. The van der Waals surface area contributed by atoms with Gasteiger partial charge in [0.25, 0.3) is 0 Å². The molecule has 2 heterocycles. The molecule has 0 atom stereocenters. The number of aromatic nitrogens is 3. The summed E-state index contributed by atoms with van der Waals surface area (Å²) < 4.78 is 4.06. The van der Waals surface area contributed by atoms with Crippen molar-refractivity contribution in [3.05, 3.63) is 66.2 Å². The summed E-state index contributed by atoms with van der Waals surface area (Å²) >= 11 is 0. The van der Waals surface area contributed by atoms with Crippen LogP contribution in [0, 0.1) is 13.8 Å². The zero-order chi connectivity index (χ0) is 12.5. The standard InChI is InChI=1S/C15H15N3/c1-12-11-13(2)18(16-12)15-7-5-14(6-8-15)17-9-3-4-10-17/h3-11H,1-2H3. The van der Waals surface area contributed by atoms with E-state index in [9.17, 15) is 0 Å². The number of hydrogen-bond donors (Lipinski definition) is 0. The van der Waals surface area contributed by atoms with Crippen molar-refractivity contribution in [2.45, 2.75) is 13.8 Å². The maximum atomic E-state index is 4.48. The zero-order valence-electron chi connectivity index (χ0n) is 10.5. The van der Waals surface area contributed by atoms with E-state index >= 15 is 0 Å². The van der Waals surface area contributed by atoms with Crippen molar-refractivity contribution in [2.75, 3.05) is 0 Å². The minimum absolute atomic E-state index is 1.04. The van der Waals surface area contributed by atoms with E-state index in [1.54, 1.807) is 0 Å². The molecule has 0 aliphatic rings. The van der Waals surface area contributed by atoms with Gasteiger partial charge in [-0.3, -0.25) is 0 Å². The van der Waals surface area contributed by atoms with Crippen molar-refractivity contribution in [2.24, 2.45) is 0 Å². The Morgan fingerprint density at radius 2 is 1.50 bits per heavy atom. The molecule has 2 aromatic heterocycles. The average Bonchev–Trinajstić information content (AvgIpc) is 2.99. The molecule has 0 amide bonds. The van der Waals surface area contributed by atoms with E-state index in [1.165, 1.54) is 0 Å². The minimum Gasteiger partial charge on any atom is -0.324 e. The van der Waals surface area contributed by atoms with Crippen LogP contribution in [0.15, 0.2) is 54.9 Å². The Morgan fingerprint density at radius 1 is 0.889 bits per heavy atom. The predicted molar refractivity (Wildman–Crippen MR) is 72.4 cm³/mol. The summed E-state index contributed by atoms with van der Waals surface area (Å²) in [6.07, 6.45) is 4.08. The molecule has 0 aliphatic carbocycles. The van der Waals surface area contributed by atoms with E-state index < -0.39 is 0 Å². The predicted octanol–water partition coefficient (Wildman–Crippen LogP) is 3.28. The Morgan fingerprint density at radius 3 is 2.06 bits per heavy atom. The second-order valence-corrected chi connectivity index (χ2v) is 4.45. The molecule has 3 heteroatoms. The van der Waals surface area contributed by atoms with Gasteiger partial charge in [-0.1, -0.05) is 0 Å². The van der Waals surface area contributed by atoms with E-state index in [0.717, 1.165) is 22.8 Å². The van der Waals surface area contributed by atoms with Gasteiger partial charge in [-0.2, -0.15) is 5.10 Å². The number of aryl methyl sites for hydroxylation is 2. The van der Waals surface area contributed by atoms with Crippen molar-refractivity contribution < 1.29 is 0 Å². The second-order valence-electron chi connectivity index (χ2n) is 4.45.